The van der Waals surface area contributed by atoms with Crippen molar-refractivity contribution in [2.75, 3.05) is 0 Å². The van der Waals surface area contributed by atoms with Gasteiger partial charge in [-0.3, -0.25) is 0 Å². The molecule has 2 nitrogen and oxygen atoms in total. The quantitative estimate of drug-likeness (QED) is 0.884. The van der Waals surface area contributed by atoms with Gasteiger partial charge < -0.3 is 5.32 Å². The number of rotatable bonds is 5. The second kappa shape index (κ2) is 6.91. The molecule has 0 aliphatic carbocycles. The summed E-state index contributed by atoms with van der Waals surface area (Å²) in [6, 6.07) is 11.3. The van der Waals surface area contributed by atoms with Crippen molar-refractivity contribution in [1.82, 2.24) is 10.3 Å². The molecule has 2 aromatic rings. The van der Waals surface area contributed by atoms with E-state index in [2.05, 4.69) is 68.3 Å². The predicted molar refractivity (Wildman–Crippen MR) is 86.3 cm³/mol. The first-order valence-corrected chi connectivity index (χ1v) is 7.79. The van der Waals surface area contributed by atoms with Gasteiger partial charge in [-0.2, -0.15) is 0 Å². The number of nitrogens with one attached hydrogen (secondary N) is 1. The van der Waals surface area contributed by atoms with Gasteiger partial charge in [0.1, 0.15) is 5.03 Å². The maximum atomic E-state index is 4.54. The molecule has 1 aromatic heterocycles. The van der Waals surface area contributed by atoms with Crippen molar-refractivity contribution in [3.63, 3.8) is 0 Å². The minimum absolute atomic E-state index is 0.499. The SMILES string of the molecule is Cc1ccc(Sc2ccc(CNC(C)C)cn2)c(C)c1. The molecule has 0 saturated carbocycles. The molecular weight excluding hydrogens is 264 g/mol. The second-order valence-electron chi connectivity index (χ2n) is 5.41. The molecule has 1 aromatic carbocycles. The fourth-order valence-electron chi connectivity index (χ4n) is 1.92. The molecule has 20 heavy (non-hydrogen) atoms. The van der Waals surface area contributed by atoms with Gasteiger partial charge in [0.15, 0.2) is 0 Å². The van der Waals surface area contributed by atoms with Crippen LogP contribution in [0.2, 0.25) is 0 Å². The number of nitrogens with zero attached hydrogens (tertiary/aromatic N) is 1. The van der Waals surface area contributed by atoms with Crippen molar-refractivity contribution in [2.45, 2.75) is 50.2 Å². The summed E-state index contributed by atoms with van der Waals surface area (Å²) in [5, 5.41) is 4.45. The van der Waals surface area contributed by atoms with Gasteiger partial charge in [-0.1, -0.05) is 49.4 Å². The van der Waals surface area contributed by atoms with Gasteiger partial charge in [-0.25, -0.2) is 4.98 Å². The fraction of sp³-hybridized carbons (Fsp3) is 0.353. The number of pyridine rings is 1. The van der Waals surface area contributed by atoms with E-state index in [0.29, 0.717) is 6.04 Å². The summed E-state index contributed by atoms with van der Waals surface area (Å²) in [5.74, 6) is 0. The standard InChI is InChI=1S/C17H22N2S/c1-12(2)18-10-15-6-8-17(19-11-15)20-16-7-5-13(3)9-14(16)4/h5-9,11-12,18H,10H2,1-4H3. The molecule has 0 saturated heterocycles. The number of benzene rings is 1. The monoisotopic (exact) mass is 286 g/mol. The highest BCUT2D eigenvalue weighted by atomic mass is 32.2. The molecule has 0 atom stereocenters. The summed E-state index contributed by atoms with van der Waals surface area (Å²) in [5.41, 5.74) is 3.83. The topological polar surface area (TPSA) is 24.9 Å². The second-order valence-corrected chi connectivity index (χ2v) is 6.47. The highest BCUT2D eigenvalue weighted by Crippen LogP contribution is 2.29. The van der Waals surface area contributed by atoms with Gasteiger partial charge in [0.05, 0.1) is 0 Å². The van der Waals surface area contributed by atoms with Crippen LogP contribution in [0.25, 0.3) is 0 Å². The lowest BCUT2D eigenvalue weighted by atomic mass is 10.2. The van der Waals surface area contributed by atoms with Gasteiger partial charge in [0.25, 0.3) is 0 Å². The van der Waals surface area contributed by atoms with Crippen molar-refractivity contribution < 1.29 is 0 Å². The van der Waals surface area contributed by atoms with Crippen molar-refractivity contribution in [3.05, 3.63) is 53.2 Å². The Morgan fingerprint density at radius 1 is 1.15 bits per heavy atom. The van der Waals surface area contributed by atoms with Gasteiger partial charge in [-0.05, 0) is 37.1 Å². The molecule has 3 heteroatoms. The van der Waals surface area contributed by atoms with Crippen LogP contribution in [-0.2, 0) is 6.54 Å². The van der Waals surface area contributed by atoms with Crippen LogP contribution in [0.5, 0.6) is 0 Å². The van der Waals surface area contributed by atoms with E-state index in [1.807, 2.05) is 6.20 Å². The summed E-state index contributed by atoms with van der Waals surface area (Å²) in [6.45, 7) is 9.45. The Morgan fingerprint density at radius 2 is 1.95 bits per heavy atom. The number of aryl methyl sites for hydroxylation is 2. The highest BCUT2D eigenvalue weighted by Gasteiger charge is 2.03. The Labute approximate surface area is 126 Å². The summed E-state index contributed by atoms with van der Waals surface area (Å²) in [6.07, 6.45) is 1.96. The molecule has 0 bridgehead atoms. The molecule has 0 aliphatic heterocycles. The minimum atomic E-state index is 0.499. The molecule has 2 rings (SSSR count). The van der Waals surface area contributed by atoms with E-state index in [-0.39, 0.29) is 0 Å². The van der Waals surface area contributed by atoms with Crippen LogP contribution in [0, 0.1) is 13.8 Å². The molecule has 0 amide bonds. The number of hydrogen-bond donors (Lipinski definition) is 1. The summed E-state index contributed by atoms with van der Waals surface area (Å²) in [7, 11) is 0. The fourth-order valence-corrected chi connectivity index (χ4v) is 2.75. The molecule has 1 heterocycles. The minimum Gasteiger partial charge on any atom is -0.310 e. The van der Waals surface area contributed by atoms with E-state index in [9.17, 15) is 0 Å². The van der Waals surface area contributed by atoms with E-state index >= 15 is 0 Å². The average molecular weight is 286 g/mol. The van der Waals surface area contributed by atoms with Crippen LogP contribution in [0.4, 0.5) is 0 Å². The molecule has 0 aliphatic rings. The summed E-state index contributed by atoms with van der Waals surface area (Å²) in [4.78, 5) is 5.81. The Balaban J connectivity index is 2.03. The first-order chi connectivity index (χ1) is 9.54. The van der Waals surface area contributed by atoms with Gasteiger partial charge in [-0.15, -0.1) is 0 Å². The van der Waals surface area contributed by atoms with Gasteiger partial charge in [0.2, 0.25) is 0 Å². The molecule has 0 fully saturated rings. The van der Waals surface area contributed by atoms with Gasteiger partial charge >= 0.3 is 0 Å². The maximum absolute atomic E-state index is 4.54. The molecule has 1 N–H and O–H groups in total. The molecule has 0 unspecified atom stereocenters. The van der Waals surface area contributed by atoms with Crippen LogP contribution in [0.15, 0.2) is 46.5 Å². The first-order valence-electron chi connectivity index (χ1n) is 6.98. The van der Waals surface area contributed by atoms with Crippen molar-refractivity contribution in [1.29, 1.82) is 0 Å². The van der Waals surface area contributed by atoms with Crippen LogP contribution in [0.3, 0.4) is 0 Å². The zero-order valence-corrected chi connectivity index (χ0v) is 13.4. The Bertz CT molecular complexity index is 562. The molecule has 0 spiro atoms. The third-order valence-electron chi connectivity index (χ3n) is 3.06. The summed E-state index contributed by atoms with van der Waals surface area (Å²) < 4.78 is 0. The average Bonchev–Trinajstić information content (AvgIpc) is 2.41. The number of hydrogen-bond acceptors (Lipinski definition) is 3. The normalized spacial score (nSPS) is 11.1. The first kappa shape index (κ1) is 15.1. The predicted octanol–water partition coefficient (Wildman–Crippen LogP) is 4.35. The Morgan fingerprint density at radius 3 is 2.55 bits per heavy atom. The number of aromatic nitrogens is 1. The van der Waals surface area contributed by atoms with Crippen LogP contribution in [0.1, 0.15) is 30.5 Å². The lowest BCUT2D eigenvalue weighted by Crippen LogP contribution is -2.21. The van der Waals surface area contributed by atoms with Crippen LogP contribution < -0.4 is 5.32 Å². The highest BCUT2D eigenvalue weighted by molar-refractivity contribution is 7.99. The van der Waals surface area contributed by atoms with E-state index < -0.39 is 0 Å². The Kier molecular flexibility index (Phi) is 5.21. The Hall–Kier alpha value is -1.32. The van der Waals surface area contributed by atoms with Crippen molar-refractivity contribution in [3.8, 4) is 0 Å². The van der Waals surface area contributed by atoms with E-state index in [1.165, 1.54) is 21.6 Å². The van der Waals surface area contributed by atoms with E-state index in [4.69, 9.17) is 0 Å². The van der Waals surface area contributed by atoms with Crippen LogP contribution in [-0.4, -0.2) is 11.0 Å². The third kappa shape index (κ3) is 4.36. The van der Waals surface area contributed by atoms with Crippen LogP contribution >= 0.6 is 11.8 Å². The smallest absolute Gasteiger partial charge is 0.101 e. The zero-order valence-electron chi connectivity index (χ0n) is 12.6. The summed E-state index contributed by atoms with van der Waals surface area (Å²) >= 11 is 1.72. The van der Waals surface area contributed by atoms with E-state index in [0.717, 1.165) is 11.6 Å². The zero-order chi connectivity index (χ0) is 14.5. The molecule has 106 valence electrons. The molecular formula is C17H22N2S. The van der Waals surface area contributed by atoms with E-state index in [1.54, 1.807) is 11.8 Å². The lowest BCUT2D eigenvalue weighted by Gasteiger charge is -2.09. The third-order valence-corrected chi connectivity index (χ3v) is 4.19. The van der Waals surface area contributed by atoms with Gasteiger partial charge in [0, 0.05) is 23.7 Å². The van der Waals surface area contributed by atoms with Crippen molar-refractivity contribution in [2.24, 2.45) is 0 Å². The largest absolute Gasteiger partial charge is 0.310 e. The lowest BCUT2D eigenvalue weighted by molar-refractivity contribution is 0.587. The van der Waals surface area contributed by atoms with Crippen molar-refractivity contribution >= 4 is 11.8 Å². The maximum Gasteiger partial charge on any atom is 0.101 e. The molecule has 0 radical (unpaired) electrons.